The molecule has 17 heavy (non-hydrogen) atoms. The predicted octanol–water partition coefficient (Wildman–Crippen LogP) is -2.63. The van der Waals surface area contributed by atoms with Crippen LogP contribution in [0.4, 0.5) is 0 Å². The van der Waals surface area contributed by atoms with E-state index in [2.05, 4.69) is 10.6 Å². The molecule has 0 radical (unpaired) electrons. The molecule has 0 aromatic rings. The Balaban J connectivity index is 4.23. The van der Waals surface area contributed by atoms with Gasteiger partial charge in [-0.05, 0) is 13.8 Å². The quantitative estimate of drug-likeness (QED) is 0.346. The number of amides is 2. The highest BCUT2D eigenvalue weighted by molar-refractivity contribution is 5.91. The molecule has 0 aliphatic rings. The van der Waals surface area contributed by atoms with Crippen LogP contribution in [0.5, 0.6) is 0 Å². The normalized spacial score (nSPS) is 15.5. The summed E-state index contributed by atoms with van der Waals surface area (Å²) in [5.74, 6) is -2.31. The highest BCUT2D eigenvalue weighted by Crippen LogP contribution is 1.88. The molecule has 8 nitrogen and oxygen atoms in total. The van der Waals surface area contributed by atoms with Crippen LogP contribution in [-0.4, -0.2) is 47.6 Å². The first kappa shape index (κ1) is 15.3. The van der Waals surface area contributed by atoms with Crippen LogP contribution < -0.4 is 22.1 Å². The van der Waals surface area contributed by atoms with Crippen molar-refractivity contribution in [3.63, 3.8) is 0 Å². The Bertz CT molecular complexity index is 307. The Labute approximate surface area is 98.7 Å². The van der Waals surface area contributed by atoms with E-state index in [1.54, 1.807) is 0 Å². The number of carbonyl (C=O) groups is 3. The number of nitrogens with one attached hydrogen (secondary N) is 2. The second-order valence-electron chi connectivity index (χ2n) is 3.64. The number of carboxylic acids is 1. The first-order valence-electron chi connectivity index (χ1n) is 5.08. The number of carbonyl (C=O) groups excluding carboxylic acids is 2. The lowest BCUT2D eigenvalue weighted by molar-refractivity contribution is -0.141. The number of nitrogens with two attached hydrogens (primary N) is 2. The Morgan fingerprint density at radius 2 is 1.59 bits per heavy atom. The van der Waals surface area contributed by atoms with Crippen molar-refractivity contribution < 1.29 is 19.5 Å². The summed E-state index contributed by atoms with van der Waals surface area (Å²) < 4.78 is 0. The van der Waals surface area contributed by atoms with Crippen LogP contribution in [0.1, 0.15) is 13.8 Å². The Hall–Kier alpha value is -1.67. The summed E-state index contributed by atoms with van der Waals surface area (Å²) in [4.78, 5) is 33.2. The van der Waals surface area contributed by atoms with Gasteiger partial charge in [-0.1, -0.05) is 0 Å². The van der Waals surface area contributed by atoms with Crippen molar-refractivity contribution in [2.45, 2.75) is 32.0 Å². The Morgan fingerprint density at radius 3 is 2.00 bits per heavy atom. The zero-order valence-electron chi connectivity index (χ0n) is 9.77. The van der Waals surface area contributed by atoms with E-state index >= 15 is 0 Å². The summed E-state index contributed by atoms with van der Waals surface area (Å²) >= 11 is 0. The van der Waals surface area contributed by atoms with Crippen molar-refractivity contribution in [2.24, 2.45) is 11.5 Å². The van der Waals surface area contributed by atoms with Gasteiger partial charge in [0.05, 0.1) is 6.04 Å². The van der Waals surface area contributed by atoms with Crippen molar-refractivity contribution in [1.82, 2.24) is 10.6 Å². The zero-order chi connectivity index (χ0) is 13.6. The summed E-state index contributed by atoms with van der Waals surface area (Å²) in [6.07, 6.45) is 0. The fourth-order valence-corrected chi connectivity index (χ4v) is 0.893. The highest BCUT2D eigenvalue weighted by Gasteiger charge is 2.22. The molecular formula is C9H18N4O4. The van der Waals surface area contributed by atoms with Gasteiger partial charge < -0.3 is 27.2 Å². The Morgan fingerprint density at radius 1 is 1.12 bits per heavy atom. The first-order chi connectivity index (χ1) is 7.79. The average Bonchev–Trinajstić information content (AvgIpc) is 2.27. The van der Waals surface area contributed by atoms with E-state index < -0.39 is 35.9 Å². The van der Waals surface area contributed by atoms with Crippen LogP contribution in [0.25, 0.3) is 0 Å². The molecule has 0 aromatic heterocycles. The molecule has 0 saturated carbocycles. The van der Waals surface area contributed by atoms with Gasteiger partial charge in [-0.3, -0.25) is 14.4 Å². The maximum absolute atomic E-state index is 11.4. The number of carboxylic acid groups (broad SMARTS) is 1. The minimum atomic E-state index is -1.16. The molecule has 0 aromatic carbocycles. The van der Waals surface area contributed by atoms with Gasteiger partial charge in [0.2, 0.25) is 11.8 Å². The van der Waals surface area contributed by atoms with Crippen LogP contribution in [0.2, 0.25) is 0 Å². The monoisotopic (exact) mass is 246 g/mol. The van der Waals surface area contributed by atoms with Crippen LogP contribution in [0.15, 0.2) is 0 Å². The largest absolute Gasteiger partial charge is 0.480 e. The minimum absolute atomic E-state index is 0.0360. The van der Waals surface area contributed by atoms with Crippen LogP contribution >= 0.6 is 0 Å². The van der Waals surface area contributed by atoms with E-state index in [1.807, 2.05) is 0 Å². The molecule has 98 valence electrons. The standard InChI is InChI=1S/C9H18N4O4/c1-4(12-8(15)6(11)3-10)7(14)13-5(2)9(16)17/h4-6H,3,10-11H2,1-2H3,(H,12,15)(H,13,14)(H,16,17)/t4-,5-,6?/m0/s1. The van der Waals surface area contributed by atoms with E-state index in [-0.39, 0.29) is 6.54 Å². The number of aliphatic carboxylic acids is 1. The fourth-order valence-electron chi connectivity index (χ4n) is 0.893. The van der Waals surface area contributed by atoms with E-state index in [0.29, 0.717) is 0 Å². The summed E-state index contributed by atoms with van der Waals surface area (Å²) in [7, 11) is 0. The summed E-state index contributed by atoms with van der Waals surface area (Å²) in [6.45, 7) is 2.71. The molecule has 0 heterocycles. The number of hydrogen-bond acceptors (Lipinski definition) is 5. The van der Waals surface area contributed by atoms with E-state index in [4.69, 9.17) is 16.6 Å². The van der Waals surface area contributed by atoms with Crippen molar-refractivity contribution in [2.75, 3.05) is 6.54 Å². The summed E-state index contributed by atoms with van der Waals surface area (Å²) in [5, 5.41) is 13.1. The third-order valence-electron chi connectivity index (χ3n) is 2.07. The second-order valence-corrected chi connectivity index (χ2v) is 3.64. The molecule has 1 unspecified atom stereocenters. The van der Waals surface area contributed by atoms with Gasteiger partial charge >= 0.3 is 5.97 Å². The maximum Gasteiger partial charge on any atom is 0.325 e. The first-order valence-corrected chi connectivity index (χ1v) is 5.08. The molecule has 8 heteroatoms. The van der Waals surface area contributed by atoms with Crippen molar-refractivity contribution in [1.29, 1.82) is 0 Å². The van der Waals surface area contributed by atoms with Gasteiger partial charge in [0.15, 0.2) is 0 Å². The molecule has 0 bridgehead atoms. The van der Waals surface area contributed by atoms with Gasteiger partial charge in [0.25, 0.3) is 0 Å². The Kier molecular flexibility index (Phi) is 6.15. The van der Waals surface area contributed by atoms with E-state index in [0.717, 1.165) is 0 Å². The maximum atomic E-state index is 11.4. The van der Waals surface area contributed by atoms with Gasteiger partial charge in [0, 0.05) is 6.54 Å². The van der Waals surface area contributed by atoms with Gasteiger partial charge in [0.1, 0.15) is 12.1 Å². The van der Waals surface area contributed by atoms with Crippen molar-refractivity contribution >= 4 is 17.8 Å². The van der Waals surface area contributed by atoms with Crippen LogP contribution in [-0.2, 0) is 14.4 Å². The molecule has 0 rings (SSSR count). The lowest BCUT2D eigenvalue weighted by Gasteiger charge is -2.17. The van der Waals surface area contributed by atoms with E-state index in [1.165, 1.54) is 13.8 Å². The molecule has 0 saturated heterocycles. The second kappa shape index (κ2) is 6.81. The lowest BCUT2D eigenvalue weighted by atomic mass is 10.2. The van der Waals surface area contributed by atoms with E-state index in [9.17, 15) is 14.4 Å². The molecular weight excluding hydrogens is 228 g/mol. The molecule has 0 spiro atoms. The number of rotatable bonds is 6. The third kappa shape index (κ3) is 5.27. The molecule has 0 aliphatic heterocycles. The van der Waals surface area contributed by atoms with Gasteiger partial charge in [-0.2, -0.15) is 0 Å². The fraction of sp³-hybridized carbons (Fsp3) is 0.667. The van der Waals surface area contributed by atoms with Crippen LogP contribution in [0, 0.1) is 0 Å². The SMILES string of the molecule is C[C@H](NC(=O)[C@H](C)NC(=O)C(N)CN)C(=O)O. The molecule has 0 fully saturated rings. The minimum Gasteiger partial charge on any atom is -0.480 e. The topological polar surface area (TPSA) is 148 Å². The third-order valence-corrected chi connectivity index (χ3v) is 2.07. The van der Waals surface area contributed by atoms with Crippen molar-refractivity contribution in [3.8, 4) is 0 Å². The molecule has 7 N–H and O–H groups in total. The average molecular weight is 246 g/mol. The molecule has 0 aliphatic carbocycles. The summed E-state index contributed by atoms with van der Waals surface area (Å²) in [5.41, 5.74) is 10.5. The van der Waals surface area contributed by atoms with Gasteiger partial charge in [-0.25, -0.2) is 0 Å². The van der Waals surface area contributed by atoms with Gasteiger partial charge in [-0.15, -0.1) is 0 Å². The predicted molar refractivity (Wildman–Crippen MR) is 59.9 cm³/mol. The molecule has 3 atom stereocenters. The smallest absolute Gasteiger partial charge is 0.325 e. The lowest BCUT2D eigenvalue weighted by Crippen LogP contribution is -2.54. The molecule has 2 amide bonds. The number of hydrogen-bond donors (Lipinski definition) is 5. The highest BCUT2D eigenvalue weighted by atomic mass is 16.4. The summed E-state index contributed by atoms with van der Waals surface area (Å²) in [6, 6.07) is -2.78. The van der Waals surface area contributed by atoms with Crippen LogP contribution in [0.3, 0.4) is 0 Å². The van der Waals surface area contributed by atoms with Crippen molar-refractivity contribution in [3.05, 3.63) is 0 Å². The zero-order valence-corrected chi connectivity index (χ0v) is 9.77.